The molecule has 0 aliphatic rings. The standard InChI is InChI=1S/C23H19N3O3S/c1-28-20-10-8-18(9-11-20)25-23-26-19(15-30-23)14-29-21(27)12-7-17-5-2-4-16-6-3-13-24-22(16)17/h2-13,15H,14H2,1H3,(H,25,26)/b12-7+. The minimum atomic E-state index is -0.430. The first-order chi connectivity index (χ1) is 14.7. The number of nitrogens with zero attached hydrogens (tertiary/aromatic N) is 2. The highest BCUT2D eigenvalue weighted by Gasteiger charge is 2.06. The lowest BCUT2D eigenvalue weighted by atomic mass is 10.1. The van der Waals surface area contributed by atoms with Crippen LogP contribution in [0.4, 0.5) is 10.8 Å². The summed E-state index contributed by atoms with van der Waals surface area (Å²) in [5.74, 6) is 0.361. The molecule has 1 N–H and O–H groups in total. The summed E-state index contributed by atoms with van der Waals surface area (Å²) in [6.07, 6.45) is 4.86. The van der Waals surface area contributed by atoms with Crippen molar-refractivity contribution < 1.29 is 14.3 Å². The number of esters is 1. The zero-order chi connectivity index (χ0) is 20.8. The number of rotatable bonds is 7. The van der Waals surface area contributed by atoms with Gasteiger partial charge in [0, 0.05) is 34.3 Å². The summed E-state index contributed by atoms with van der Waals surface area (Å²) in [4.78, 5) is 20.9. The maximum Gasteiger partial charge on any atom is 0.331 e. The third kappa shape index (κ3) is 4.82. The maximum absolute atomic E-state index is 12.1. The van der Waals surface area contributed by atoms with E-state index >= 15 is 0 Å². The number of carbonyl (C=O) groups excluding carboxylic acids is 1. The molecule has 2 aromatic carbocycles. The number of ether oxygens (including phenoxy) is 2. The molecule has 0 saturated heterocycles. The molecule has 0 amide bonds. The van der Waals surface area contributed by atoms with Gasteiger partial charge in [0.1, 0.15) is 12.4 Å². The lowest BCUT2D eigenvalue weighted by Crippen LogP contribution is -2.01. The second-order valence-corrected chi connectivity index (χ2v) is 7.22. The van der Waals surface area contributed by atoms with Gasteiger partial charge in [0.25, 0.3) is 0 Å². The molecule has 0 fully saturated rings. The zero-order valence-corrected chi connectivity index (χ0v) is 17.1. The molecule has 2 heterocycles. The molecule has 4 aromatic rings. The lowest BCUT2D eigenvalue weighted by Gasteiger charge is -2.04. The summed E-state index contributed by atoms with van der Waals surface area (Å²) in [7, 11) is 1.63. The number of aromatic nitrogens is 2. The van der Waals surface area contributed by atoms with Gasteiger partial charge in [0.05, 0.1) is 18.3 Å². The number of nitrogens with one attached hydrogen (secondary N) is 1. The summed E-state index contributed by atoms with van der Waals surface area (Å²) in [6, 6.07) is 17.3. The summed E-state index contributed by atoms with van der Waals surface area (Å²) in [5.41, 5.74) is 3.30. The Morgan fingerprint density at radius 1 is 1.13 bits per heavy atom. The van der Waals surface area contributed by atoms with E-state index in [0.717, 1.165) is 33.0 Å². The van der Waals surface area contributed by atoms with Gasteiger partial charge in [-0.15, -0.1) is 11.3 Å². The predicted octanol–water partition coefficient (Wildman–Crippen LogP) is 5.20. The van der Waals surface area contributed by atoms with Crippen LogP contribution in [0.5, 0.6) is 5.75 Å². The molecule has 2 aromatic heterocycles. The van der Waals surface area contributed by atoms with Gasteiger partial charge >= 0.3 is 5.97 Å². The van der Waals surface area contributed by atoms with Crippen LogP contribution in [0, 0.1) is 0 Å². The van der Waals surface area contributed by atoms with Crippen molar-refractivity contribution in [1.29, 1.82) is 0 Å². The van der Waals surface area contributed by atoms with Crippen molar-refractivity contribution in [3.63, 3.8) is 0 Å². The van der Waals surface area contributed by atoms with Crippen LogP contribution in [0.25, 0.3) is 17.0 Å². The quantitative estimate of drug-likeness (QED) is 0.329. The summed E-state index contributed by atoms with van der Waals surface area (Å²) in [5, 5.41) is 6.82. The average Bonchev–Trinajstić information content (AvgIpc) is 3.24. The average molecular weight is 417 g/mol. The van der Waals surface area contributed by atoms with E-state index in [1.807, 2.05) is 60.0 Å². The van der Waals surface area contributed by atoms with Crippen molar-refractivity contribution in [2.24, 2.45) is 0 Å². The molecule has 0 bridgehead atoms. The van der Waals surface area contributed by atoms with E-state index in [1.165, 1.54) is 17.4 Å². The van der Waals surface area contributed by atoms with Crippen LogP contribution in [-0.4, -0.2) is 23.0 Å². The molecule has 0 saturated carbocycles. The molecular formula is C23H19N3O3S. The minimum Gasteiger partial charge on any atom is -0.497 e. The third-order valence-electron chi connectivity index (χ3n) is 4.32. The van der Waals surface area contributed by atoms with Crippen molar-refractivity contribution in [1.82, 2.24) is 9.97 Å². The van der Waals surface area contributed by atoms with E-state index in [0.29, 0.717) is 5.69 Å². The highest BCUT2D eigenvalue weighted by Crippen LogP contribution is 2.23. The first kappa shape index (κ1) is 19.6. The monoisotopic (exact) mass is 417 g/mol. The molecule has 0 atom stereocenters. The second kappa shape index (κ2) is 9.19. The normalized spacial score (nSPS) is 11.0. The van der Waals surface area contributed by atoms with Gasteiger partial charge in [-0.05, 0) is 36.4 Å². The first-order valence-electron chi connectivity index (χ1n) is 9.25. The lowest BCUT2D eigenvalue weighted by molar-refractivity contribution is -0.139. The topological polar surface area (TPSA) is 73.3 Å². The Hall–Kier alpha value is -3.71. The maximum atomic E-state index is 12.1. The summed E-state index contributed by atoms with van der Waals surface area (Å²) < 4.78 is 10.5. The Labute approximate surface area is 177 Å². The van der Waals surface area contributed by atoms with Crippen LogP contribution in [-0.2, 0) is 16.1 Å². The Morgan fingerprint density at radius 3 is 2.80 bits per heavy atom. The van der Waals surface area contributed by atoms with Crippen LogP contribution >= 0.6 is 11.3 Å². The number of para-hydroxylation sites is 1. The Balaban J connectivity index is 1.33. The van der Waals surface area contributed by atoms with Crippen LogP contribution in [0.3, 0.4) is 0 Å². The second-order valence-electron chi connectivity index (χ2n) is 6.36. The van der Waals surface area contributed by atoms with Gasteiger partial charge in [-0.25, -0.2) is 9.78 Å². The van der Waals surface area contributed by atoms with E-state index in [-0.39, 0.29) is 6.61 Å². The smallest absolute Gasteiger partial charge is 0.331 e. The summed E-state index contributed by atoms with van der Waals surface area (Å²) in [6.45, 7) is 0.109. The van der Waals surface area contributed by atoms with E-state index in [2.05, 4.69) is 15.3 Å². The van der Waals surface area contributed by atoms with Crippen LogP contribution in [0.15, 0.2) is 72.3 Å². The summed E-state index contributed by atoms with van der Waals surface area (Å²) >= 11 is 1.45. The van der Waals surface area contributed by atoms with Gasteiger partial charge in [0.2, 0.25) is 0 Å². The van der Waals surface area contributed by atoms with E-state index in [4.69, 9.17) is 9.47 Å². The molecule has 0 unspecified atom stereocenters. The number of anilines is 2. The number of thiazole rings is 1. The molecule has 4 rings (SSSR count). The van der Waals surface area contributed by atoms with Crippen molar-refractivity contribution in [2.75, 3.05) is 12.4 Å². The molecule has 0 radical (unpaired) electrons. The number of methoxy groups -OCH3 is 1. The van der Waals surface area contributed by atoms with Crippen LogP contribution in [0.1, 0.15) is 11.3 Å². The Bertz CT molecular complexity index is 1180. The highest BCUT2D eigenvalue weighted by molar-refractivity contribution is 7.13. The molecule has 7 heteroatoms. The number of hydrogen-bond acceptors (Lipinski definition) is 7. The fourth-order valence-electron chi connectivity index (χ4n) is 2.84. The van der Waals surface area contributed by atoms with E-state index in [1.54, 1.807) is 19.4 Å². The third-order valence-corrected chi connectivity index (χ3v) is 5.12. The number of pyridine rings is 1. The number of benzene rings is 2. The van der Waals surface area contributed by atoms with Gasteiger partial charge < -0.3 is 14.8 Å². The number of fused-ring (bicyclic) bond motifs is 1. The van der Waals surface area contributed by atoms with Crippen molar-refractivity contribution in [3.05, 3.63) is 83.5 Å². The van der Waals surface area contributed by atoms with Crippen LogP contribution < -0.4 is 10.1 Å². The van der Waals surface area contributed by atoms with Gasteiger partial charge in [-0.3, -0.25) is 4.98 Å². The molecule has 0 aliphatic carbocycles. The Morgan fingerprint density at radius 2 is 1.97 bits per heavy atom. The zero-order valence-electron chi connectivity index (χ0n) is 16.2. The van der Waals surface area contributed by atoms with Gasteiger partial charge in [-0.1, -0.05) is 24.3 Å². The van der Waals surface area contributed by atoms with Crippen molar-refractivity contribution in [3.8, 4) is 5.75 Å². The SMILES string of the molecule is COc1ccc(Nc2nc(COC(=O)/C=C/c3cccc4cccnc34)cs2)cc1. The minimum absolute atomic E-state index is 0.109. The predicted molar refractivity (Wildman–Crippen MR) is 119 cm³/mol. The fourth-order valence-corrected chi connectivity index (χ4v) is 3.56. The van der Waals surface area contributed by atoms with Gasteiger partial charge in [-0.2, -0.15) is 0 Å². The van der Waals surface area contributed by atoms with Crippen molar-refractivity contribution in [2.45, 2.75) is 6.61 Å². The Kier molecular flexibility index (Phi) is 6.01. The molecule has 6 nitrogen and oxygen atoms in total. The molecule has 0 aliphatic heterocycles. The van der Waals surface area contributed by atoms with Gasteiger partial charge in [0.15, 0.2) is 5.13 Å². The van der Waals surface area contributed by atoms with Crippen molar-refractivity contribution >= 4 is 45.1 Å². The molecule has 0 spiro atoms. The number of hydrogen-bond donors (Lipinski definition) is 1. The highest BCUT2D eigenvalue weighted by atomic mass is 32.1. The largest absolute Gasteiger partial charge is 0.497 e. The molecule has 150 valence electrons. The van der Waals surface area contributed by atoms with E-state index < -0.39 is 5.97 Å². The molecule has 30 heavy (non-hydrogen) atoms. The van der Waals surface area contributed by atoms with Crippen LogP contribution in [0.2, 0.25) is 0 Å². The first-order valence-corrected chi connectivity index (χ1v) is 10.1. The fraction of sp³-hybridized carbons (Fsp3) is 0.0870. The molecular weight excluding hydrogens is 398 g/mol. The van der Waals surface area contributed by atoms with E-state index in [9.17, 15) is 4.79 Å². The number of carbonyl (C=O) groups is 1.